The molecule has 4 amide bonds. The highest BCUT2D eigenvalue weighted by atomic mass is 19.4. The molecule has 0 aromatic heterocycles. The second-order valence-corrected chi connectivity index (χ2v) is 9.16. The number of nitrogens with one attached hydrogen (secondary N) is 3. The van der Waals surface area contributed by atoms with Gasteiger partial charge in [-0.05, 0) is 60.9 Å². The van der Waals surface area contributed by atoms with Crippen LogP contribution in [0.4, 0.5) is 34.1 Å². The van der Waals surface area contributed by atoms with E-state index in [0.717, 1.165) is 24.3 Å². The van der Waals surface area contributed by atoms with Crippen molar-refractivity contribution in [3.8, 4) is 0 Å². The molecule has 0 bridgehead atoms. The van der Waals surface area contributed by atoms with Crippen LogP contribution >= 0.6 is 0 Å². The van der Waals surface area contributed by atoms with Crippen LogP contribution in [0.25, 0.3) is 5.70 Å². The van der Waals surface area contributed by atoms with Crippen LogP contribution in [0.3, 0.4) is 0 Å². The van der Waals surface area contributed by atoms with Gasteiger partial charge in [-0.25, -0.2) is 14.4 Å². The van der Waals surface area contributed by atoms with E-state index < -0.39 is 29.8 Å². The van der Waals surface area contributed by atoms with E-state index in [1.54, 1.807) is 31.2 Å². The molecule has 1 heterocycles. The number of halogens is 3. The third kappa shape index (κ3) is 6.86. The number of hydrogen-bond donors (Lipinski definition) is 3. The van der Waals surface area contributed by atoms with Crippen LogP contribution in [0.1, 0.15) is 43.0 Å². The first-order valence-corrected chi connectivity index (χ1v) is 13.0. The van der Waals surface area contributed by atoms with Crippen LogP contribution < -0.4 is 16.0 Å². The quantitative estimate of drug-likeness (QED) is 0.261. The summed E-state index contributed by atoms with van der Waals surface area (Å²) in [6.07, 6.45) is -3.83. The molecule has 0 spiro atoms. The smallest absolute Gasteiger partial charge is 0.416 e. The third-order valence-electron chi connectivity index (χ3n) is 6.26. The number of carbonyl (C=O) groups is 3. The highest BCUT2D eigenvalue weighted by Gasteiger charge is 2.38. The maximum Gasteiger partial charge on any atom is 0.416 e. The Balaban J connectivity index is 1.66. The van der Waals surface area contributed by atoms with Gasteiger partial charge in [0.2, 0.25) is 0 Å². The molecule has 0 fully saturated rings. The third-order valence-corrected chi connectivity index (χ3v) is 6.26. The summed E-state index contributed by atoms with van der Waals surface area (Å²) in [6, 6.07) is 17.8. The number of ether oxygens (including phenoxy) is 1. The molecule has 3 N–H and O–H groups in total. The molecule has 1 atom stereocenters. The minimum absolute atomic E-state index is 0.130. The van der Waals surface area contributed by atoms with Gasteiger partial charge in [-0.15, -0.1) is 0 Å². The molecule has 214 valence electrons. The Bertz CT molecular complexity index is 1440. The van der Waals surface area contributed by atoms with Gasteiger partial charge in [-0.1, -0.05) is 49.4 Å². The van der Waals surface area contributed by atoms with Crippen LogP contribution in [0.15, 0.2) is 84.4 Å². The zero-order valence-corrected chi connectivity index (χ0v) is 22.4. The van der Waals surface area contributed by atoms with Gasteiger partial charge in [0.05, 0.1) is 29.5 Å². The first-order chi connectivity index (χ1) is 19.6. The minimum atomic E-state index is -4.49. The Labute approximate surface area is 235 Å². The van der Waals surface area contributed by atoms with Crippen molar-refractivity contribution in [1.29, 1.82) is 0 Å². The normalized spacial score (nSPS) is 15.3. The van der Waals surface area contributed by atoms with Crippen molar-refractivity contribution in [2.24, 2.45) is 0 Å². The topological polar surface area (TPSA) is 99.8 Å². The van der Waals surface area contributed by atoms with Gasteiger partial charge in [-0.3, -0.25) is 4.90 Å². The molecule has 3 aromatic rings. The molecular weight excluding hydrogens is 537 g/mol. The van der Waals surface area contributed by atoms with Crippen molar-refractivity contribution in [3.63, 3.8) is 0 Å². The number of hydrogen-bond acceptors (Lipinski definition) is 4. The Morgan fingerprint density at radius 2 is 1.61 bits per heavy atom. The van der Waals surface area contributed by atoms with Gasteiger partial charge >= 0.3 is 24.2 Å². The number of amides is 4. The Morgan fingerprint density at radius 3 is 2.24 bits per heavy atom. The molecule has 8 nitrogen and oxygen atoms in total. The summed E-state index contributed by atoms with van der Waals surface area (Å²) in [5.41, 5.74) is 1.55. The van der Waals surface area contributed by atoms with Crippen molar-refractivity contribution in [2.45, 2.75) is 32.5 Å². The molecule has 1 aliphatic rings. The lowest BCUT2D eigenvalue weighted by atomic mass is 9.91. The van der Waals surface area contributed by atoms with Crippen LogP contribution in [0, 0.1) is 0 Å². The standard InChI is InChI=1S/C30H29F3N4O4/c1-3-17-37-26(19-9-6-5-7-10-19)24(27(38)41-4-2)25(36-29(37)40)20-11-8-12-23(18-20)35-28(39)34-22-15-13-21(14-16-22)30(31,32)33/h5-16,18,25H,3-4,17H2,1-2H3,(H,36,40)(H2,34,35,39). The minimum Gasteiger partial charge on any atom is -0.463 e. The van der Waals surface area contributed by atoms with E-state index in [2.05, 4.69) is 16.0 Å². The fourth-order valence-corrected chi connectivity index (χ4v) is 4.51. The highest BCUT2D eigenvalue weighted by Crippen LogP contribution is 2.37. The number of nitrogens with zero attached hydrogens (tertiary/aromatic N) is 1. The number of esters is 1. The Kier molecular flexibility index (Phi) is 8.96. The molecule has 0 saturated heterocycles. The lowest BCUT2D eigenvalue weighted by Gasteiger charge is -2.37. The summed E-state index contributed by atoms with van der Waals surface area (Å²) < 4.78 is 43.9. The predicted octanol–water partition coefficient (Wildman–Crippen LogP) is 6.80. The van der Waals surface area contributed by atoms with Crippen molar-refractivity contribution < 1.29 is 32.3 Å². The summed E-state index contributed by atoms with van der Waals surface area (Å²) in [5.74, 6) is -0.587. The second kappa shape index (κ2) is 12.6. The van der Waals surface area contributed by atoms with E-state index in [1.165, 1.54) is 4.90 Å². The van der Waals surface area contributed by atoms with Crippen molar-refractivity contribution in [1.82, 2.24) is 10.2 Å². The zero-order valence-electron chi connectivity index (χ0n) is 22.4. The van der Waals surface area contributed by atoms with E-state index >= 15 is 0 Å². The number of urea groups is 2. The molecule has 41 heavy (non-hydrogen) atoms. The van der Waals surface area contributed by atoms with Crippen LogP contribution in [0.5, 0.6) is 0 Å². The molecule has 11 heteroatoms. The fourth-order valence-electron chi connectivity index (χ4n) is 4.51. The Hall–Kier alpha value is -4.80. The average Bonchev–Trinajstić information content (AvgIpc) is 2.94. The van der Waals surface area contributed by atoms with E-state index in [0.29, 0.717) is 35.5 Å². The first-order valence-electron chi connectivity index (χ1n) is 13.0. The molecular formula is C30H29F3N4O4. The van der Waals surface area contributed by atoms with Gasteiger partial charge < -0.3 is 20.7 Å². The molecule has 0 saturated carbocycles. The lowest BCUT2D eigenvalue weighted by molar-refractivity contribution is -0.139. The second-order valence-electron chi connectivity index (χ2n) is 9.16. The van der Waals surface area contributed by atoms with Gasteiger partial charge in [-0.2, -0.15) is 13.2 Å². The largest absolute Gasteiger partial charge is 0.463 e. The van der Waals surface area contributed by atoms with Crippen LogP contribution in [0.2, 0.25) is 0 Å². The van der Waals surface area contributed by atoms with Crippen molar-refractivity contribution in [2.75, 3.05) is 23.8 Å². The monoisotopic (exact) mass is 566 g/mol. The predicted molar refractivity (Wildman–Crippen MR) is 149 cm³/mol. The van der Waals surface area contributed by atoms with E-state index in [1.807, 2.05) is 37.3 Å². The van der Waals surface area contributed by atoms with Crippen molar-refractivity contribution >= 4 is 35.1 Å². The SMILES string of the molecule is CCCN1C(=O)NC(c2cccc(NC(=O)Nc3ccc(C(F)(F)F)cc3)c2)C(C(=O)OCC)=C1c1ccccc1. The Morgan fingerprint density at radius 1 is 0.927 bits per heavy atom. The first kappa shape index (κ1) is 29.2. The molecule has 0 aliphatic carbocycles. The van der Waals surface area contributed by atoms with Crippen LogP contribution in [-0.2, 0) is 15.7 Å². The average molecular weight is 567 g/mol. The molecule has 3 aromatic carbocycles. The number of rotatable bonds is 8. The number of benzene rings is 3. The van der Waals surface area contributed by atoms with E-state index in [-0.39, 0.29) is 23.9 Å². The molecule has 1 unspecified atom stereocenters. The lowest BCUT2D eigenvalue weighted by Crippen LogP contribution is -2.48. The summed E-state index contributed by atoms with van der Waals surface area (Å²) in [4.78, 5) is 40.8. The van der Waals surface area contributed by atoms with E-state index in [9.17, 15) is 27.6 Å². The van der Waals surface area contributed by atoms with Crippen LogP contribution in [-0.4, -0.2) is 36.1 Å². The molecule has 4 rings (SSSR count). The maximum absolute atomic E-state index is 13.4. The molecule has 0 radical (unpaired) electrons. The van der Waals surface area contributed by atoms with Gasteiger partial charge in [0.15, 0.2) is 0 Å². The summed E-state index contributed by atoms with van der Waals surface area (Å²) in [7, 11) is 0. The van der Waals surface area contributed by atoms with E-state index in [4.69, 9.17) is 4.74 Å². The van der Waals surface area contributed by atoms with Gasteiger partial charge in [0.25, 0.3) is 0 Å². The number of alkyl halides is 3. The summed E-state index contributed by atoms with van der Waals surface area (Å²) in [5, 5.41) is 8.03. The fraction of sp³-hybridized carbons (Fsp3) is 0.233. The van der Waals surface area contributed by atoms with Gasteiger partial charge in [0, 0.05) is 17.9 Å². The summed E-state index contributed by atoms with van der Waals surface area (Å²) in [6.45, 7) is 4.12. The molecule has 1 aliphatic heterocycles. The van der Waals surface area contributed by atoms with Gasteiger partial charge in [0.1, 0.15) is 0 Å². The number of carbonyl (C=O) groups excluding carboxylic acids is 3. The zero-order chi connectivity index (χ0) is 29.6. The number of anilines is 2. The summed E-state index contributed by atoms with van der Waals surface area (Å²) >= 11 is 0. The van der Waals surface area contributed by atoms with Crippen molar-refractivity contribution in [3.05, 3.63) is 101 Å². The highest BCUT2D eigenvalue weighted by molar-refractivity contribution is 6.05. The maximum atomic E-state index is 13.4.